The van der Waals surface area contributed by atoms with E-state index in [9.17, 15) is 9.18 Å². The van der Waals surface area contributed by atoms with Crippen molar-refractivity contribution < 1.29 is 18.3 Å². The molecule has 2 fully saturated rings. The highest BCUT2D eigenvalue weighted by Crippen LogP contribution is 2.37. The van der Waals surface area contributed by atoms with Gasteiger partial charge in [0.15, 0.2) is 0 Å². The Bertz CT molecular complexity index is 1590. The van der Waals surface area contributed by atoms with Crippen molar-refractivity contribution in [2.24, 2.45) is 0 Å². The maximum absolute atomic E-state index is 16.0. The standard InChI is InChI=1S/C33H36F2N6O2/c1-4-31(42)41-13-12-40(19-24(41)17-36-2)32-28-15-29(35)27(26-11-7-9-21-8-5-6-10-25(21)26)16-30(28)37-33(38-32)43-20-23-14-22(34)18-39(23)3/h4,7,9,11,15-16,22-24H,1,5-6,8,10,12-14,17-20H2,3H3/t22-,23+,24+/m1/s1. The Morgan fingerprint density at radius 3 is 2.77 bits per heavy atom. The molecule has 43 heavy (non-hydrogen) atoms. The van der Waals surface area contributed by atoms with Gasteiger partial charge in [-0.05, 0) is 74.1 Å². The van der Waals surface area contributed by atoms with E-state index in [1.807, 2.05) is 29.0 Å². The average molecular weight is 587 g/mol. The summed E-state index contributed by atoms with van der Waals surface area (Å²) < 4.78 is 36.1. The van der Waals surface area contributed by atoms with Crippen molar-refractivity contribution in [3.8, 4) is 17.1 Å². The molecule has 0 saturated carbocycles. The van der Waals surface area contributed by atoms with Gasteiger partial charge in [-0.15, -0.1) is 0 Å². The summed E-state index contributed by atoms with van der Waals surface area (Å²) in [7, 11) is 1.87. The van der Waals surface area contributed by atoms with Crippen LogP contribution in [0.2, 0.25) is 0 Å². The first kappa shape index (κ1) is 29.0. The molecule has 0 spiro atoms. The van der Waals surface area contributed by atoms with Crippen LogP contribution < -0.4 is 9.64 Å². The molecule has 3 atom stereocenters. The number of halogens is 2. The molecule has 0 bridgehead atoms. The van der Waals surface area contributed by atoms with E-state index >= 15 is 4.39 Å². The first-order valence-corrected chi connectivity index (χ1v) is 15.0. The molecule has 2 saturated heterocycles. The van der Waals surface area contributed by atoms with Crippen LogP contribution in [0.4, 0.5) is 14.6 Å². The number of ether oxygens (including phenoxy) is 1. The number of amides is 1. The summed E-state index contributed by atoms with van der Waals surface area (Å²) in [6.45, 7) is 12.9. The molecule has 1 aliphatic carbocycles. The Kier molecular flexibility index (Phi) is 8.26. The van der Waals surface area contributed by atoms with Gasteiger partial charge < -0.3 is 19.4 Å². The summed E-state index contributed by atoms with van der Waals surface area (Å²) in [5.41, 5.74) is 4.37. The second-order valence-corrected chi connectivity index (χ2v) is 11.7. The fourth-order valence-corrected chi connectivity index (χ4v) is 6.75. The van der Waals surface area contributed by atoms with E-state index in [1.165, 1.54) is 23.3 Å². The third-order valence-electron chi connectivity index (χ3n) is 9.01. The van der Waals surface area contributed by atoms with Gasteiger partial charge in [0.2, 0.25) is 12.5 Å². The molecule has 2 aliphatic heterocycles. The number of benzene rings is 2. The number of fused-ring (bicyclic) bond motifs is 2. The van der Waals surface area contributed by atoms with Gasteiger partial charge in [0, 0.05) is 43.2 Å². The SMILES string of the molecule is [C-]#[N+]C[C@H]1CN(c2nc(OC[C@@H]3C[C@@H](F)CN3C)nc3cc(-c4cccc5c4CCCC5)c(F)cc23)CCN1C(=O)C=C. The highest BCUT2D eigenvalue weighted by molar-refractivity contribution is 5.94. The van der Waals surface area contributed by atoms with Crippen LogP contribution in [0.1, 0.15) is 30.4 Å². The van der Waals surface area contributed by atoms with Crippen LogP contribution in [0.3, 0.4) is 0 Å². The maximum atomic E-state index is 16.0. The van der Waals surface area contributed by atoms with Gasteiger partial charge in [-0.2, -0.15) is 9.97 Å². The first-order chi connectivity index (χ1) is 20.9. The number of aryl methyl sites for hydroxylation is 1. The number of aromatic nitrogens is 2. The molecule has 6 rings (SSSR count). The summed E-state index contributed by atoms with van der Waals surface area (Å²) in [6.07, 6.45) is 4.85. The van der Waals surface area contributed by atoms with Gasteiger partial charge in [-0.3, -0.25) is 9.69 Å². The summed E-state index contributed by atoms with van der Waals surface area (Å²) >= 11 is 0. The predicted molar refractivity (Wildman–Crippen MR) is 162 cm³/mol. The molecule has 0 radical (unpaired) electrons. The van der Waals surface area contributed by atoms with Gasteiger partial charge in [0.25, 0.3) is 0 Å². The second-order valence-electron chi connectivity index (χ2n) is 11.7. The van der Waals surface area contributed by atoms with Crippen LogP contribution in [-0.4, -0.2) is 90.3 Å². The summed E-state index contributed by atoms with van der Waals surface area (Å²) in [6, 6.07) is 9.02. The number of piperazine rings is 1. The quantitative estimate of drug-likeness (QED) is 0.291. The lowest BCUT2D eigenvalue weighted by atomic mass is 9.85. The number of hydrogen-bond acceptors (Lipinski definition) is 6. The smallest absolute Gasteiger partial charge is 0.319 e. The average Bonchev–Trinajstić information content (AvgIpc) is 3.35. The highest BCUT2D eigenvalue weighted by atomic mass is 19.1. The molecule has 8 nitrogen and oxygen atoms in total. The maximum Gasteiger partial charge on any atom is 0.319 e. The van der Waals surface area contributed by atoms with Gasteiger partial charge in [0.05, 0.1) is 5.52 Å². The third kappa shape index (κ3) is 5.78. The fraction of sp³-hybridized carbons (Fsp3) is 0.455. The van der Waals surface area contributed by atoms with E-state index in [2.05, 4.69) is 17.5 Å². The van der Waals surface area contributed by atoms with Gasteiger partial charge in [-0.1, -0.05) is 24.8 Å². The predicted octanol–water partition coefficient (Wildman–Crippen LogP) is 4.86. The van der Waals surface area contributed by atoms with Crippen molar-refractivity contribution in [2.75, 3.05) is 51.3 Å². The zero-order valence-corrected chi connectivity index (χ0v) is 24.4. The molecule has 0 N–H and O–H groups in total. The molecule has 3 aliphatic rings. The Balaban J connectivity index is 1.41. The van der Waals surface area contributed by atoms with E-state index < -0.39 is 6.17 Å². The molecule has 2 aromatic carbocycles. The summed E-state index contributed by atoms with van der Waals surface area (Å²) in [5.74, 6) is -0.0901. The van der Waals surface area contributed by atoms with Gasteiger partial charge >= 0.3 is 6.01 Å². The van der Waals surface area contributed by atoms with Crippen molar-refractivity contribution in [2.45, 2.75) is 50.4 Å². The number of alkyl halides is 1. The second kappa shape index (κ2) is 12.3. The number of carbonyl (C=O) groups excluding carboxylic acids is 1. The van der Waals surface area contributed by atoms with Crippen molar-refractivity contribution in [3.63, 3.8) is 0 Å². The van der Waals surface area contributed by atoms with Crippen LogP contribution in [0, 0.1) is 12.4 Å². The molecular weight excluding hydrogens is 550 g/mol. The van der Waals surface area contributed by atoms with Crippen molar-refractivity contribution in [1.82, 2.24) is 19.8 Å². The molecule has 0 unspecified atom stereocenters. The Hall–Kier alpha value is -4.10. The Labute approximate surface area is 250 Å². The fourth-order valence-electron chi connectivity index (χ4n) is 6.75. The van der Waals surface area contributed by atoms with Gasteiger partial charge in [0.1, 0.15) is 30.5 Å². The zero-order chi connectivity index (χ0) is 30.1. The van der Waals surface area contributed by atoms with Crippen molar-refractivity contribution >= 4 is 22.6 Å². The van der Waals surface area contributed by atoms with Gasteiger partial charge in [-0.25, -0.2) is 15.4 Å². The molecule has 1 amide bonds. The van der Waals surface area contributed by atoms with E-state index in [4.69, 9.17) is 21.3 Å². The molecule has 10 heteroatoms. The molecule has 3 heterocycles. The molecule has 3 aromatic rings. The number of likely N-dealkylation sites (N-methyl/N-ethyl adjacent to an activating group) is 1. The van der Waals surface area contributed by atoms with E-state index in [0.717, 1.165) is 31.2 Å². The minimum absolute atomic E-state index is 0.103. The zero-order valence-electron chi connectivity index (χ0n) is 24.4. The number of hydrogen-bond donors (Lipinski definition) is 0. The highest BCUT2D eigenvalue weighted by Gasteiger charge is 2.34. The normalized spacial score (nSPS) is 22.3. The molecular formula is C33H36F2N6O2. The van der Waals surface area contributed by atoms with Crippen LogP contribution in [-0.2, 0) is 17.6 Å². The minimum Gasteiger partial charge on any atom is -0.462 e. The number of nitrogens with zero attached hydrogens (tertiary/aromatic N) is 6. The number of rotatable bonds is 7. The van der Waals surface area contributed by atoms with E-state index in [1.54, 1.807) is 11.0 Å². The first-order valence-electron chi connectivity index (χ1n) is 15.0. The number of likely N-dealkylation sites (tertiary alicyclic amines) is 1. The lowest BCUT2D eigenvalue weighted by Crippen LogP contribution is -2.56. The van der Waals surface area contributed by atoms with Crippen molar-refractivity contribution in [1.29, 1.82) is 0 Å². The van der Waals surface area contributed by atoms with Crippen LogP contribution in [0.25, 0.3) is 26.9 Å². The summed E-state index contributed by atoms with van der Waals surface area (Å²) in [4.78, 5) is 31.1. The number of anilines is 1. The number of carbonyl (C=O) groups is 1. The van der Waals surface area contributed by atoms with Crippen LogP contribution >= 0.6 is 0 Å². The monoisotopic (exact) mass is 586 g/mol. The minimum atomic E-state index is -0.900. The van der Waals surface area contributed by atoms with Crippen LogP contribution in [0.15, 0.2) is 43.0 Å². The third-order valence-corrected chi connectivity index (χ3v) is 9.01. The Morgan fingerprint density at radius 1 is 1.16 bits per heavy atom. The topological polar surface area (TPSA) is 66.2 Å². The lowest BCUT2D eigenvalue weighted by Gasteiger charge is -2.39. The van der Waals surface area contributed by atoms with E-state index in [0.29, 0.717) is 54.9 Å². The molecule has 224 valence electrons. The Morgan fingerprint density at radius 2 is 2.00 bits per heavy atom. The summed E-state index contributed by atoms with van der Waals surface area (Å²) in [5, 5.41) is 0.533. The lowest BCUT2D eigenvalue weighted by molar-refractivity contribution is -0.128. The van der Waals surface area contributed by atoms with Crippen molar-refractivity contribution in [3.05, 3.63) is 71.3 Å². The largest absolute Gasteiger partial charge is 0.462 e. The van der Waals surface area contributed by atoms with E-state index in [-0.39, 0.29) is 43.0 Å². The molecule has 1 aromatic heterocycles. The van der Waals surface area contributed by atoms with Crippen LogP contribution in [0.5, 0.6) is 6.01 Å².